The minimum atomic E-state index is -6.13. The number of benzene rings is 2. The van der Waals surface area contributed by atoms with Gasteiger partial charge in [-0.25, -0.2) is 21.3 Å². The van der Waals surface area contributed by atoms with Crippen LogP contribution in [-0.4, -0.2) is 59.2 Å². The molecule has 1 aliphatic heterocycles. The highest BCUT2D eigenvalue weighted by Gasteiger charge is 2.74. The van der Waals surface area contributed by atoms with Gasteiger partial charge in [0, 0.05) is 42.6 Å². The molecule has 5 rings (SSSR count). The van der Waals surface area contributed by atoms with Crippen molar-refractivity contribution in [3.63, 3.8) is 0 Å². The molecule has 0 radical (unpaired) electrons. The van der Waals surface area contributed by atoms with Gasteiger partial charge in [-0.05, 0) is 78.6 Å². The molecule has 0 unspecified atom stereocenters. The fraction of sp³-hybridized carbons (Fsp3) is 0.394. The van der Waals surface area contributed by atoms with Crippen molar-refractivity contribution >= 4 is 57.3 Å². The van der Waals surface area contributed by atoms with Crippen LogP contribution in [0.5, 0.6) is 0 Å². The third kappa shape index (κ3) is 9.60. The third-order valence-corrected chi connectivity index (χ3v) is 9.48. The number of carbonyl (C=O) groups excluding carboxylic acids is 2. The van der Waals surface area contributed by atoms with Gasteiger partial charge in [-0.3, -0.25) is 9.59 Å². The predicted molar refractivity (Wildman–Crippen MR) is 190 cm³/mol. The van der Waals surface area contributed by atoms with Crippen LogP contribution < -0.4 is 0 Å². The SMILES string of the molecule is C.Cc1cc(C(F)(C(F)(F)F)C(F)(F)F)cc(C)c1-n1cc(I)cn1.Cc1cc(C(F)(C(F)(F)F)C(F)(F)F)cc(C)c1-n1cccn1.O=C1CCC(=O)N1I. The number of aromatic nitrogens is 4. The molecule has 0 bridgehead atoms. The number of nitrogens with zero attached hydrogens (tertiary/aromatic N) is 5. The number of carbonyl (C=O) groups is 2. The van der Waals surface area contributed by atoms with Crippen LogP contribution in [0.3, 0.4) is 0 Å². The first-order valence-corrected chi connectivity index (χ1v) is 17.0. The second-order valence-electron chi connectivity index (χ2n) is 11.8. The molecule has 7 nitrogen and oxygen atoms in total. The summed E-state index contributed by atoms with van der Waals surface area (Å²) in [6.07, 6.45) is -17.8. The van der Waals surface area contributed by atoms with E-state index in [4.69, 9.17) is 0 Å². The molecule has 0 saturated carbocycles. The van der Waals surface area contributed by atoms with Crippen LogP contribution >= 0.6 is 45.5 Å². The predicted octanol–water partition coefficient (Wildman–Crippen LogP) is 11.3. The van der Waals surface area contributed by atoms with E-state index in [9.17, 15) is 71.1 Å². The first-order chi connectivity index (χ1) is 24.9. The highest BCUT2D eigenvalue weighted by atomic mass is 127. The average molecular weight is 1050 g/mol. The number of amides is 2. The van der Waals surface area contributed by atoms with Crippen LogP contribution in [0.15, 0.2) is 55.1 Å². The Morgan fingerprint density at radius 3 is 1.16 bits per heavy atom. The Morgan fingerprint density at radius 1 is 0.589 bits per heavy atom. The summed E-state index contributed by atoms with van der Waals surface area (Å²) in [7, 11) is 0. The first-order valence-electron chi connectivity index (χ1n) is 15.0. The standard InChI is InChI=1S/C14H10F7IN2.C14H11F7N2.C4H4INO2.CH4/c1-7-3-9(12(15,13(16,17)18)14(19,20)21)4-8(2)11(7)24-6-10(22)5-23-24;1-8-6-10(12(15,13(16,17)18)14(19,20)21)7-9(2)11(8)23-5-3-4-22-23;5-6-3(7)1-2-4(6)8;/h3-6H,1-2H3;3-7H,1-2H3;1-2H2;1H4. The lowest BCUT2D eigenvalue weighted by atomic mass is 9.90. The monoisotopic (exact) mass is 1050 g/mol. The van der Waals surface area contributed by atoms with Crippen LogP contribution in [0.1, 0.15) is 53.6 Å². The topological polar surface area (TPSA) is 73.0 Å². The smallest absolute Gasteiger partial charge is 0.274 e. The van der Waals surface area contributed by atoms with Crippen molar-refractivity contribution in [2.24, 2.45) is 0 Å². The van der Waals surface area contributed by atoms with Crippen LogP contribution in [0, 0.1) is 31.3 Å². The number of hydrogen-bond acceptors (Lipinski definition) is 4. The molecular formula is C33H29F14I2N5O2. The highest BCUT2D eigenvalue weighted by Crippen LogP contribution is 2.55. The molecule has 0 aliphatic carbocycles. The van der Waals surface area contributed by atoms with Crippen molar-refractivity contribution in [1.82, 2.24) is 22.7 Å². The Morgan fingerprint density at radius 2 is 0.929 bits per heavy atom. The molecule has 1 aliphatic rings. The number of aryl methyl sites for hydroxylation is 4. The van der Waals surface area contributed by atoms with Crippen molar-refractivity contribution in [1.29, 1.82) is 0 Å². The normalized spacial score (nSPS) is 14.2. The minimum absolute atomic E-state index is 0. The van der Waals surface area contributed by atoms with Gasteiger partial charge in [0.15, 0.2) is 0 Å². The lowest BCUT2D eigenvalue weighted by molar-refractivity contribution is -0.349. The summed E-state index contributed by atoms with van der Waals surface area (Å²) in [6, 6.07) is 3.74. The molecule has 3 heterocycles. The third-order valence-electron chi connectivity index (χ3n) is 7.84. The summed E-state index contributed by atoms with van der Waals surface area (Å²) >= 11 is 3.67. The highest BCUT2D eigenvalue weighted by molar-refractivity contribution is 14.1. The van der Waals surface area contributed by atoms with Gasteiger partial charge in [0.2, 0.25) is 11.8 Å². The molecular weight excluding hydrogens is 1020 g/mol. The van der Waals surface area contributed by atoms with Gasteiger partial charge in [-0.1, -0.05) is 31.7 Å². The number of imide groups is 1. The van der Waals surface area contributed by atoms with Gasteiger partial charge >= 0.3 is 36.0 Å². The van der Waals surface area contributed by atoms with E-state index >= 15 is 0 Å². The van der Waals surface area contributed by atoms with Crippen molar-refractivity contribution in [3.05, 3.63) is 92.1 Å². The molecule has 0 N–H and O–H groups in total. The Labute approximate surface area is 337 Å². The number of hydrogen-bond donors (Lipinski definition) is 0. The van der Waals surface area contributed by atoms with Crippen LogP contribution in [0.25, 0.3) is 11.4 Å². The molecule has 2 amide bonds. The fourth-order valence-electron chi connectivity index (χ4n) is 5.38. The van der Waals surface area contributed by atoms with Crippen LogP contribution in [-0.2, 0) is 20.9 Å². The van der Waals surface area contributed by atoms with E-state index in [0.717, 1.165) is 6.68 Å². The fourth-order valence-corrected chi connectivity index (χ4v) is 6.25. The maximum atomic E-state index is 14.2. The van der Waals surface area contributed by atoms with Gasteiger partial charge in [0.25, 0.3) is 0 Å². The Kier molecular flexibility index (Phi) is 14.9. The lowest BCUT2D eigenvalue weighted by Crippen LogP contribution is -2.50. The Hall–Kier alpha value is -3.52. The summed E-state index contributed by atoms with van der Waals surface area (Å²) in [5.41, 5.74) is -13.1. The molecule has 4 aromatic rings. The molecule has 56 heavy (non-hydrogen) atoms. The van der Waals surface area contributed by atoms with Gasteiger partial charge < -0.3 is 0 Å². The zero-order valence-corrected chi connectivity index (χ0v) is 32.5. The summed E-state index contributed by atoms with van der Waals surface area (Å²) in [5, 5.41) is 7.84. The second kappa shape index (κ2) is 17.1. The van der Waals surface area contributed by atoms with Crippen LogP contribution in [0.2, 0.25) is 0 Å². The van der Waals surface area contributed by atoms with E-state index in [1.807, 2.05) is 22.6 Å². The molecule has 1 saturated heterocycles. The summed E-state index contributed by atoms with van der Waals surface area (Å²) in [6.45, 7) is 5.18. The number of rotatable bonds is 4. The average Bonchev–Trinajstić information content (AvgIpc) is 3.78. The molecule has 2 aromatic heterocycles. The van der Waals surface area contributed by atoms with E-state index < -0.39 is 47.2 Å². The van der Waals surface area contributed by atoms with Gasteiger partial charge in [-0.15, -0.1) is 0 Å². The summed E-state index contributed by atoms with van der Waals surface area (Å²) in [4.78, 5) is 21.0. The van der Waals surface area contributed by atoms with E-state index in [0.29, 0.717) is 48.5 Å². The lowest BCUT2D eigenvalue weighted by Gasteiger charge is -2.31. The molecule has 2 aromatic carbocycles. The van der Waals surface area contributed by atoms with Gasteiger partial charge in [-0.2, -0.15) is 62.9 Å². The zero-order valence-electron chi connectivity index (χ0n) is 28.2. The van der Waals surface area contributed by atoms with E-state index in [2.05, 4.69) is 10.2 Å². The van der Waals surface area contributed by atoms with Gasteiger partial charge in [0.05, 0.1) is 44.0 Å². The van der Waals surface area contributed by atoms with Crippen LogP contribution in [0.4, 0.5) is 61.5 Å². The Balaban J connectivity index is 0.000000318. The van der Waals surface area contributed by atoms with E-state index in [1.165, 1.54) is 61.7 Å². The zero-order chi connectivity index (χ0) is 42.3. The molecule has 0 atom stereocenters. The number of halogens is 16. The first kappa shape index (κ1) is 48.6. The largest absolute Gasteiger partial charge is 0.435 e. The van der Waals surface area contributed by atoms with Crippen molar-refractivity contribution in [2.75, 3.05) is 0 Å². The van der Waals surface area contributed by atoms with Crippen molar-refractivity contribution in [2.45, 2.75) is 84.0 Å². The van der Waals surface area contributed by atoms with E-state index in [1.54, 1.807) is 29.1 Å². The van der Waals surface area contributed by atoms with Crippen molar-refractivity contribution in [3.8, 4) is 11.4 Å². The maximum absolute atomic E-state index is 14.2. The minimum Gasteiger partial charge on any atom is -0.274 e. The molecule has 1 fully saturated rings. The molecule has 23 heteroatoms. The molecule has 0 spiro atoms. The number of alkyl halides is 14. The van der Waals surface area contributed by atoms with Crippen molar-refractivity contribution < 1.29 is 71.1 Å². The Bertz CT molecular complexity index is 1930. The quantitative estimate of drug-likeness (QED) is 0.0884. The molecule has 310 valence electrons. The second-order valence-corrected chi connectivity index (χ2v) is 14.1. The summed E-state index contributed by atoms with van der Waals surface area (Å²) < 4.78 is 187. The van der Waals surface area contributed by atoms with E-state index in [-0.39, 0.29) is 41.5 Å². The summed E-state index contributed by atoms with van der Waals surface area (Å²) in [5.74, 6) is -0.147. The van der Waals surface area contributed by atoms with Gasteiger partial charge in [0.1, 0.15) is 0 Å². The maximum Gasteiger partial charge on any atom is 0.435 e.